The molecule has 1 N–H and O–H groups in total. The molecule has 0 spiro atoms. The van der Waals surface area contributed by atoms with E-state index in [1.807, 2.05) is 4.68 Å². The van der Waals surface area contributed by atoms with Crippen LogP contribution in [0.3, 0.4) is 0 Å². The maximum absolute atomic E-state index is 9.21. The number of aliphatic hydroxyl groups is 1. The van der Waals surface area contributed by atoms with E-state index in [1.165, 1.54) is 41.6 Å². The third kappa shape index (κ3) is 3.55. The summed E-state index contributed by atoms with van der Waals surface area (Å²) in [5.41, 5.74) is 6.35. The molecular formula is C20H29N3O. The van der Waals surface area contributed by atoms with Gasteiger partial charge >= 0.3 is 0 Å². The molecule has 0 amide bonds. The highest BCUT2D eigenvalue weighted by molar-refractivity contribution is 5.27. The van der Waals surface area contributed by atoms with Gasteiger partial charge < -0.3 is 5.11 Å². The predicted octanol–water partition coefficient (Wildman–Crippen LogP) is 3.53. The summed E-state index contributed by atoms with van der Waals surface area (Å²) in [6, 6.07) is 9.51. The molecule has 130 valence electrons. The van der Waals surface area contributed by atoms with Gasteiger partial charge in [-0.25, -0.2) is 0 Å². The lowest BCUT2D eigenvalue weighted by atomic mass is 9.94. The highest BCUT2D eigenvalue weighted by Crippen LogP contribution is 2.33. The molecule has 1 aromatic carbocycles. The Hall–Kier alpha value is -1.65. The van der Waals surface area contributed by atoms with Gasteiger partial charge in [0.25, 0.3) is 0 Å². The zero-order valence-electron chi connectivity index (χ0n) is 15.1. The molecule has 0 radical (unpaired) electrons. The maximum Gasteiger partial charge on any atom is 0.0644 e. The number of aryl methyl sites for hydroxylation is 2. The number of hydrogen-bond donors (Lipinski definition) is 1. The third-order valence-corrected chi connectivity index (χ3v) is 5.28. The molecule has 4 heteroatoms. The van der Waals surface area contributed by atoms with Gasteiger partial charge in [0, 0.05) is 23.8 Å². The van der Waals surface area contributed by atoms with Gasteiger partial charge in [0.15, 0.2) is 0 Å². The fourth-order valence-corrected chi connectivity index (χ4v) is 3.82. The largest absolute Gasteiger partial charge is 0.394 e. The molecule has 0 aliphatic carbocycles. The first kappa shape index (κ1) is 17.2. The van der Waals surface area contributed by atoms with Gasteiger partial charge in [0.2, 0.25) is 0 Å². The summed E-state index contributed by atoms with van der Waals surface area (Å²) in [7, 11) is 0. The van der Waals surface area contributed by atoms with Gasteiger partial charge in [-0.05, 0) is 45.7 Å². The summed E-state index contributed by atoms with van der Waals surface area (Å²) in [6.45, 7) is 9.15. The van der Waals surface area contributed by atoms with Crippen LogP contribution in [0.15, 0.2) is 24.3 Å². The number of piperidine rings is 1. The highest BCUT2D eigenvalue weighted by atomic mass is 16.3. The van der Waals surface area contributed by atoms with Crippen molar-refractivity contribution in [1.82, 2.24) is 14.7 Å². The molecule has 1 unspecified atom stereocenters. The Morgan fingerprint density at radius 1 is 1.12 bits per heavy atom. The Morgan fingerprint density at radius 2 is 1.88 bits per heavy atom. The maximum atomic E-state index is 9.21. The van der Waals surface area contributed by atoms with E-state index in [4.69, 9.17) is 0 Å². The summed E-state index contributed by atoms with van der Waals surface area (Å²) in [6.07, 6.45) is 3.80. The Morgan fingerprint density at radius 3 is 2.58 bits per heavy atom. The van der Waals surface area contributed by atoms with Crippen LogP contribution in [-0.4, -0.2) is 32.9 Å². The molecule has 1 aliphatic rings. The second kappa shape index (κ2) is 7.49. The highest BCUT2D eigenvalue weighted by Gasteiger charge is 2.25. The number of aromatic nitrogens is 2. The molecule has 24 heavy (non-hydrogen) atoms. The molecule has 1 aliphatic heterocycles. The normalized spacial score (nSPS) is 18.9. The Bertz CT molecular complexity index is 675. The van der Waals surface area contributed by atoms with E-state index in [9.17, 15) is 5.11 Å². The summed E-state index contributed by atoms with van der Waals surface area (Å²) < 4.78 is 1.94. The number of rotatable bonds is 5. The predicted molar refractivity (Wildman–Crippen MR) is 97.0 cm³/mol. The SMILES string of the molecule is Cc1ccc(C2CCCCN2Cc2c(C)nn(CCO)c2C)cc1. The molecule has 1 aromatic heterocycles. The minimum Gasteiger partial charge on any atom is -0.394 e. The zero-order valence-corrected chi connectivity index (χ0v) is 15.1. The number of benzene rings is 1. The smallest absolute Gasteiger partial charge is 0.0644 e. The summed E-state index contributed by atoms with van der Waals surface area (Å²) >= 11 is 0. The first-order valence-electron chi connectivity index (χ1n) is 9.04. The first-order chi connectivity index (χ1) is 11.6. The van der Waals surface area contributed by atoms with Gasteiger partial charge in [-0.3, -0.25) is 9.58 Å². The molecule has 3 rings (SSSR count). The van der Waals surface area contributed by atoms with E-state index < -0.39 is 0 Å². The van der Waals surface area contributed by atoms with Gasteiger partial charge in [-0.1, -0.05) is 36.2 Å². The van der Waals surface area contributed by atoms with Gasteiger partial charge in [-0.15, -0.1) is 0 Å². The van der Waals surface area contributed by atoms with Crippen LogP contribution in [0, 0.1) is 20.8 Å². The van der Waals surface area contributed by atoms with Crippen LogP contribution in [0.5, 0.6) is 0 Å². The second-order valence-corrected chi connectivity index (χ2v) is 6.99. The van der Waals surface area contributed by atoms with Crippen LogP contribution in [0.25, 0.3) is 0 Å². The van der Waals surface area contributed by atoms with Gasteiger partial charge in [0.1, 0.15) is 0 Å². The van der Waals surface area contributed by atoms with Gasteiger partial charge in [0.05, 0.1) is 18.8 Å². The molecule has 1 atom stereocenters. The number of likely N-dealkylation sites (tertiary alicyclic amines) is 1. The lowest BCUT2D eigenvalue weighted by Gasteiger charge is -2.36. The van der Waals surface area contributed by atoms with Crippen LogP contribution >= 0.6 is 0 Å². The standard InChI is InChI=1S/C20H29N3O/c1-15-7-9-18(10-8-15)20-6-4-5-11-22(20)14-19-16(2)21-23(12-13-24)17(19)3/h7-10,20,24H,4-6,11-14H2,1-3H3. The van der Waals surface area contributed by atoms with Crippen molar-refractivity contribution in [2.75, 3.05) is 13.2 Å². The van der Waals surface area contributed by atoms with Crippen LogP contribution in [0.4, 0.5) is 0 Å². The Balaban J connectivity index is 1.83. The van der Waals surface area contributed by atoms with Crippen LogP contribution < -0.4 is 0 Å². The zero-order chi connectivity index (χ0) is 17.1. The average Bonchev–Trinajstić information content (AvgIpc) is 2.84. The molecule has 1 saturated heterocycles. The lowest BCUT2D eigenvalue weighted by Crippen LogP contribution is -2.33. The van der Waals surface area contributed by atoms with Crippen LogP contribution in [0.2, 0.25) is 0 Å². The molecule has 0 saturated carbocycles. The van der Waals surface area contributed by atoms with Crippen molar-refractivity contribution in [2.24, 2.45) is 0 Å². The van der Waals surface area contributed by atoms with Crippen molar-refractivity contribution >= 4 is 0 Å². The summed E-state index contributed by atoms with van der Waals surface area (Å²) in [4.78, 5) is 2.61. The summed E-state index contributed by atoms with van der Waals surface area (Å²) in [5, 5.41) is 13.8. The number of nitrogens with zero attached hydrogens (tertiary/aromatic N) is 3. The first-order valence-corrected chi connectivity index (χ1v) is 9.04. The van der Waals surface area contributed by atoms with E-state index in [0.717, 1.165) is 18.8 Å². The Labute approximate surface area is 145 Å². The van der Waals surface area contributed by atoms with Gasteiger partial charge in [-0.2, -0.15) is 5.10 Å². The van der Waals surface area contributed by atoms with Crippen molar-refractivity contribution < 1.29 is 5.11 Å². The minimum atomic E-state index is 0.136. The average molecular weight is 327 g/mol. The van der Waals surface area contributed by atoms with Crippen LogP contribution in [0.1, 0.15) is 53.4 Å². The Kier molecular flexibility index (Phi) is 5.36. The fourth-order valence-electron chi connectivity index (χ4n) is 3.82. The topological polar surface area (TPSA) is 41.3 Å². The minimum absolute atomic E-state index is 0.136. The van der Waals surface area contributed by atoms with E-state index in [0.29, 0.717) is 12.6 Å². The van der Waals surface area contributed by atoms with Crippen molar-refractivity contribution in [3.63, 3.8) is 0 Å². The fraction of sp³-hybridized carbons (Fsp3) is 0.550. The van der Waals surface area contributed by atoms with Crippen molar-refractivity contribution in [3.8, 4) is 0 Å². The molecule has 4 nitrogen and oxygen atoms in total. The van der Waals surface area contributed by atoms with Crippen molar-refractivity contribution in [1.29, 1.82) is 0 Å². The van der Waals surface area contributed by atoms with E-state index >= 15 is 0 Å². The van der Waals surface area contributed by atoms with E-state index in [-0.39, 0.29) is 6.61 Å². The number of hydrogen-bond acceptors (Lipinski definition) is 3. The summed E-state index contributed by atoms with van der Waals surface area (Å²) in [5.74, 6) is 0. The van der Waals surface area contributed by atoms with E-state index in [1.54, 1.807) is 0 Å². The van der Waals surface area contributed by atoms with E-state index in [2.05, 4.69) is 55.0 Å². The molecule has 1 fully saturated rings. The van der Waals surface area contributed by atoms with Crippen molar-refractivity contribution in [3.05, 3.63) is 52.3 Å². The number of aliphatic hydroxyl groups excluding tert-OH is 1. The van der Waals surface area contributed by atoms with Crippen LogP contribution in [-0.2, 0) is 13.1 Å². The molecule has 2 heterocycles. The molecular weight excluding hydrogens is 298 g/mol. The third-order valence-electron chi connectivity index (χ3n) is 5.28. The molecule has 2 aromatic rings. The molecule has 0 bridgehead atoms. The van der Waals surface area contributed by atoms with Crippen molar-refractivity contribution in [2.45, 2.75) is 59.2 Å². The second-order valence-electron chi connectivity index (χ2n) is 6.99. The lowest BCUT2D eigenvalue weighted by molar-refractivity contribution is 0.140. The monoisotopic (exact) mass is 327 g/mol. The quantitative estimate of drug-likeness (QED) is 0.913.